The number of hydrogen-bond donors (Lipinski definition) is 1. The Balaban J connectivity index is 1.19. The molecule has 1 fully saturated rings. The molecule has 4 aromatic rings. The van der Waals surface area contributed by atoms with Crippen molar-refractivity contribution in [3.63, 3.8) is 0 Å². The van der Waals surface area contributed by atoms with Crippen LogP contribution in [0.4, 0.5) is 10.1 Å². The summed E-state index contributed by atoms with van der Waals surface area (Å²) in [4.78, 5) is 21.3. The number of aromatic nitrogens is 1. The van der Waals surface area contributed by atoms with Gasteiger partial charge in [-0.25, -0.2) is 9.82 Å². The number of fused-ring (bicyclic) bond motifs is 1. The Bertz CT molecular complexity index is 1600. The number of hydrazone groups is 1. The Hall–Kier alpha value is -4.70. The van der Waals surface area contributed by atoms with Gasteiger partial charge < -0.3 is 24.0 Å². The molecule has 5 rings (SSSR count). The maximum absolute atomic E-state index is 15.1. The molecule has 1 N–H and O–H groups in total. The first-order chi connectivity index (χ1) is 21.4. The number of carbonyl (C=O) groups excluding carboxylic acids is 1. The lowest BCUT2D eigenvalue weighted by molar-refractivity contribution is -0.120. The van der Waals surface area contributed by atoms with Crippen molar-refractivity contribution in [1.29, 1.82) is 0 Å². The van der Waals surface area contributed by atoms with Gasteiger partial charge in [0.05, 0.1) is 31.9 Å². The van der Waals surface area contributed by atoms with Crippen LogP contribution in [-0.4, -0.2) is 69.5 Å². The molecule has 0 unspecified atom stereocenters. The van der Waals surface area contributed by atoms with Crippen LogP contribution in [-0.2, 0) is 11.2 Å². The molecular formula is C34H38FN5O4. The van der Waals surface area contributed by atoms with Crippen molar-refractivity contribution in [2.75, 3.05) is 52.3 Å². The molecule has 1 aliphatic heterocycles. The van der Waals surface area contributed by atoms with Crippen molar-refractivity contribution in [3.05, 3.63) is 83.8 Å². The van der Waals surface area contributed by atoms with Gasteiger partial charge >= 0.3 is 0 Å². The SMILES string of the molecule is COc1cc2c(Oc3ccc(CC(=O)N/N=C/c4ccc(N(C)C)cc4)cc3F)ccnc2cc1OCCCN1CCCC1. The Kier molecular flexibility index (Phi) is 10.2. The van der Waals surface area contributed by atoms with Gasteiger partial charge in [0.15, 0.2) is 23.1 Å². The molecule has 2 heterocycles. The summed E-state index contributed by atoms with van der Waals surface area (Å²) in [7, 11) is 5.51. The van der Waals surface area contributed by atoms with Crippen LogP contribution in [0.1, 0.15) is 30.4 Å². The van der Waals surface area contributed by atoms with E-state index in [1.807, 2.05) is 49.3 Å². The molecule has 9 nitrogen and oxygen atoms in total. The zero-order valence-corrected chi connectivity index (χ0v) is 25.4. The van der Waals surface area contributed by atoms with Gasteiger partial charge in [-0.05, 0) is 79.9 Å². The molecule has 44 heavy (non-hydrogen) atoms. The Labute approximate surface area is 257 Å². The molecule has 1 saturated heterocycles. The number of likely N-dealkylation sites (tertiary alicyclic amines) is 1. The minimum absolute atomic E-state index is 0.0297. The van der Waals surface area contributed by atoms with Crippen molar-refractivity contribution in [3.8, 4) is 23.0 Å². The Morgan fingerprint density at radius 1 is 1.02 bits per heavy atom. The fourth-order valence-corrected chi connectivity index (χ4v) is 5.08. The standard InChI is InChI=1S/C34H38FN5O4/c1-39(2)26-10-7-24(8-11-26)23-37-38-34(41)20-25-9-12-31(28(35)19-25)44-30-13-14-36-29-22-33(32(42-3)21-27(29)30)43-18-6-17-40-15-4-5-16-40/h7-14,19,21-23H,4-6,15-18,20H2,1-3H3,(H,38,41)/b37-23+. The van der Waals surface area contributed by atoms with Crippen LogP contribution in [0, 0.1) is 5.82 Å². The third kappa shape index (κ3) is 8.02. The van der Waals surface area contributed by atoms with Crippen LogP contribution in [0.3, 0.4) is 0 Å². The number of benzene rings is 3. The first-order valence-corrected chi connectivity index (χ1v) is 14.8. The number of rotatable bonds is 13. The number of methoxy groups -OCH3 is 1. The van der Waals surface area contributed by atoms with Gasteiger partial charge in [0.1, 0.15) is 5.75 Å². The van der Waals surface area contributed by atoms with Gasteiger partial charge in [0.2, 0.25) is 5.91 Å². The second kappa shape index (κ2) is 14.7. The quantitative estimate of drug-likeness (QED) is 0.118. The van der Waals surface area contributed by atoms with Crippen molar-refractivity contribution < 1.29 is 23.4 Å². The lowest BCUT2D eigenvalue weighted by Gasteiger charge is -2.16. The van der Waals surface area contributed by atoms with Crippen LogP contribution in [0.5, 0.6) is 23.0 Å². The van der Waals surface area contributed by atoms with Gasteiger partial charge in [-0.2, -0.15) is 5.10 Å². The van der Waals surface area contributed by atoms with E-state index in [1.165, 1.54) is 25.0 Å². The highest BCUT2D eigenvalue weighted by Gasteiger charge is 2.15. The van der Waals surface area contributed by atoms with Crippen molar-refractivity contribution in [2.45, 2.75) is 25.7 Å². The second-order valence-electron chi connectivity index (χ2n) is 10.9. The van der Waals surface area contributed by atoms with E-state index in [2.05, 4.69) is 20.4 Å². The van der Waals surface area contributed by atoms with Gasteiger partial charge in [0, 0.05) is 44.0 Å². The number of nitrogens with one attached hydrogen (secondary N) is 1. The summed E-state index contributed by atoms with van der Waals surface area (Å²) in [6.45, 7) is 3.91. The van der Waals surface area contributed by atoms with Crippen LogP contribution >= 0.6 is 0 Å². The molecule has 1 amide bonds. The summed E-state index contributed by atoms with van der Waals surface area (Å²) in [5.74, 6) is 0.654. The highest BCUT2D eigenvalue weighted by Crippen LogP contribution is 2.37. The van der Waals surface area contributed by atoms with Crippen LogP contribution in [0.15, 0.2) is 72.0 Å². The minimum atomic E-state index is -0.588. The fraction of sp³-hybridized carbons (Fsp3) is 0.324. The number of hydrogen-bond acceptors (Lipinski definition) is 8. The van der Waals surface area contributed by atoms with E-state index >= 15 is 4.39 Å². The molecule has 0 spiro atoms. The fourth-order valence-electron chi connectivity index (χ4n) is 5.08. The van der Waals surface area contributed by atoms with E-state index in [0.29, 0.717) is 40.3 Å². The first-order valence-electron chi connectivity index (χ1n) is 14.8. The molecule has 3 aromatic carbocycles. The molecule has 1 aliphatic rings. The normalized spacial score (nSPS) is 13.4. The molecule has 10 heteroatoms. The largest absolute Gasteiger partial charge is 0.493 e. The molecule has 0 atom stereocenters. The second-order valence-corrected chi connectivity index (χ2v) is 10.9. The number of carbonyl (C=O) groups is 1. The summed E-state index contributed by atoms with van der Waals surface area (Å²) >= 11 is 0. The van der Waals surface area contributed by atoms with E-state index in [0.717, 1.165) is 37.3 Å². The third-order valence-corrected chi connectivity index (χ3v) is 7.46. The molecule has 1 aromatic heterocycles. The average molecular weight is 600 g/mol. The molecule has 0 saturated carbocycles. The Morgan fingerprint density at radius 2 is 1.82 bits per heavy atom. The predicted octanol–water partition coefficient (Wildman–Crippen LogP) is 5.80. The van der Waals surface area contributed by atoms with Gasteiger partial charge in [-0.3, -0.25) is 9.78 Å². The van der Waals surface area contributed by atoms with E-state index in [4.69, 9.17) is 14.2 Å². The van der Waals surface area contributed by atoms with Gasteiger partial charge in [0.25, 0.3) is 0 Å². The molecule has 0 bridgehead atoms. The summed E-state index contributed by atoms with van der Waals surface area (Å²) in [6.07, 6.45) is 6.59. The third-order valence-electron chi connectivity index (χ3n) is 7.46. The highest BCUT2D eigenvalue weighted by molar-refractivity contribution is 5.88. The predicted molar refractivity (Wildman–Crippen MR) is 171 cm³/mol. The number of ether oxygens (including phenoxy) is 3. The molecule has 230 valence electrons. The maximum atomic E-state index is 15.1. The lowest BCUT2D eigenvalue weighted by atomic mass is 10.1. The molecular weight excluding hydrogens is 561 g/mol. The maximum Gasteiger partial charge on any atom is 0.244 e. The van der Waals surface area contributed by atoms with Crippen molar-refractivity contribution in [1.82, 2.24) is 15.3 Å². The van der Waals surface area contributed by atoms with E-state index in [9.17, 15) is 4.79 Å². The van der Waals surface area contributed by atoms with E-state index in [-0.39, 0.29) is 18.1 Å². The smallest absolute Gasteiger partial charge is 0.244 e. The minimum Gasteiger partial charge on any atom is -0.493 e. The van der Waals surface area contributed by atoms with E-state index < -0.39 is 5.82 Å². The summed E-state index contributed by atoms with van der Waals surface area (Å²) < 4.78 is 32.7. The zero-order chi connectivity index (χ0) is 30.9. The topological polar surface area (TPSA) is 88.5 Å². The van der Waals surface area contributed by atoms with Crippen LogP contribution < -0.4 is 24.5 Å². The highest BCUT2D eigenvalue weighted by atomic mass is 19.1. The van der Waals surface area contributed by atoms with Gasteiger partial charge in [-0.15, -0.1) is 0 Å². The number of pyridine rings is 1. The average Bonchev–Trinajstić information content (AvgIpc) is 3.54. The zero-order valence-electron chi connectivity index (χ0n) is 25.4. The first kappa shape index (κ1) is 30.7. The van der Waals surface area contributed by atoms with E-state index in [1.54, 1.807) is 37.7 Å². The molecule has 0 aliphatic carbocycles. The Morgan fingerprint density at radius 3 is 2.55 bits per heavy atom. The van der Waals surface area contributed by atoms with Crippen LogP contribution in [0.2, 0.25) is 0 Å². The van der Waals surface area contributed by atoms with Crippen molar-refractivity contribution >= 4 is 28.7 Å². The summed E-state index contributed by atoms with van der Waals surface area (Å²) in [5, 5.41) is 4.67. The van der Waals surface area contributed by atoms with Crippen molar-refractivity contribution in [2.24, 2.45) is 5.10 Å². The number of amides is 1. The molecule has 0 radical (unpaired) electrons. The number of halogens is 1. The van der Waals surface area contributed by atoms with Crippen LogP contribution in [0.25, 0.3) is 10.9 Å². The number of nitrogens with zero attached hydrogens (tertiary/aromatic N) is 4. The number of anilines is 1. The lowest BCUT2D eigenvalue weighted by Crippen LogP contribution is -2.21. The summed E-state index contributed by atoms with van der Waals surface area (Å²) in [5.41, 5.74) is 5.53. The monoisotopic (exact) mass is 599 g/mol. The van der Waals surface area contributed by atoms with Gasteiger partial charge in [-0.1, -0.05) is 18.2 Å². The summed E-state index contributed by atoms with van der Waals surface area (Å²) in [6, 6.07) is 17.5.